The standard InChI is InChI=1S/C12H12F2N2O/c13-8-4-9(14)11-10(5-8)16-12(17-11)7-2-1-3-15-6-7/h4-5,7,15H,1-3,6H2. The number of hydrogen-bond donors (Lipinski definition) is 1. The predicted molar refractivity (Wildman–Crippen MR) is 58.8 cm³/mol. The van der Waals surface area contributed by atoms with E-state index >= 15 is 0 Å². The van der Waals surface area contributed by atoms with Gasteiger partial charge in [-0.05, 0) is 19.4 Å². The van der Waals surface area contributed by atoms with E-state index in [4.69, 9.17) is 4.42 Å². The summed E-state index contributed by atoms with van der Waals surface area (Å²) in [5.41, 5.74) is 0.301. The van der Waals surface area contributed by atoms with Crippen LogP contribution in [0.4, 0.5) is 8.78 Å². The van der Waals surface area contributed by atoms with Crippen LogP contribution < -0.4 is 5.32 Å². The molecule has 0 aliphatic carbocycles. The molecule has 0 radical (unpaired) electrons. The number of nitrogens with zero attached hydrogens (tertiary/aromatic N) is 1. The van der Waals surface area contributed by atoms with Gasteiger partial charge in [-0.15, -0.1) is 0 Å². The Kier molecular flexibility index (Phi) is 2.55. The van der Waals surface area contributed by atoms with Crippen molar-refractivity contribution in [3.63, 3.8) is 0 Å². The van der Waals surface area contributed by atoms with Gasteiger partial charge < -0.3 is 9.73 Å². The summed E-state index contributed by atoms with van der Waals surface area (Å²) in [4.78, 5) is 4.17. The Hall–Kier alpha value is -1.49. The van der Waals surface area contributed by atoms with Gasteiger partial charge in [-0.2, -0.15) is 0 Å². The zero-order valence-electron chi connectivity index (χ0n) is 9.17. The highest BCUT2D eigenvalue weighted by Crippen LogP contribution is 2.27. The average molecular weight is 238 g/mol. The summed E-state index contributed by atoms with van der Waals surface area (Å²) in [6.45, 7) is 1.76. The summed E-state index contributed by atoms with van der Waals surface area (Å²) in [5.74, 6) is -0.672. The molecule has 1 unspecified atom stereocenters. The van der Waals surface area contributed by atoms with Gasteiger partial charge in [0, 0.05) is 24.6 Å². The van der Waals surface area contributed by atoms with Crippen molar-refractivity contribution in [2.75, 3.05) is 13.1 Å². The Morgan fingerprint density at radius 1 is 1.35 bits per heavy atom. The predicted octanol–water partition coefficient (Wildman–Crippen LogP) is 2.57. The number of oxazole rings is 1. The Balaban J connectivity index is 2.03. The lowest BCUT2D eigenvalue weighted by atomic mass is 10.00. The van der Waals surface area contributed by atoms with Crippen LogP contribution in [0.2, 0.25) is 0 Å². The SMILES string of the molecule is Fc1cc(F)c2oc(C3CCCNC3)nc2c1. The first-order valence-corrected chi connectivity index (χ1v) is 5.70. The van der Waals surface area contributed by atoms with Crippen molar-refractivity contribution < 1.29 is 13.2 Å². The van der Waals surface area contributed by atoms with Crippen molar-refractivity contribution in [1.29, 1.82) is 0 Å². The van der Waals surface area contributed by atoms with Gasteiger partial charge in [0.1, 0.15) is 11.3 Å². The van der Waals surface area contributed by atoms with Crippen molar-refractivity contribution in [2.45, 2.75) is 18.8 Å². The van der Waals surface area contributed by atoms with Crippen LogP contribution in [0.5, 0.6) is 0 Å². The largest absolute Gasteiger partial charge is 0.437 e. The fraction of sp³-hybridized carbons (Fsp3) is 0.417. The molecule has 3 rings (SSSR count). The van der Waals surface area contributed by atoms with Crippen LogP contribution in [0.15, 0.2) is 16.5 Å². The minimum absolute atomic E-state index is 0.0481. The van der Waals surface area contributed by atoms with Gasteiger partial charge in [-0.3, -0.25) is 0 Å². The summed E-state index contributed by atoms with van der Waals surface area (Å²) in [6.07, 6.45) is 2.00. The van der Waals surface area contributed by atoms with Crippen LogP contribution in [0.25, 0.3) is 11.1 Å². The average Bonchev–Trinajstić information content (AvgIpc) is 2.74. The third-order valence-corrected chi connectivity index (χ3v) is 3.07. The van der Waals surface area contributed by atoms with Crippen LogP contribution in [0.1, 0.15) is 24.7 Å². The molecular weight excluding hydrogens is 226 g/mol. The molecule has 17 heavy (non-hydrogen) atoms. The maximum atomic E-state index is 13.4. The molecule has 1 aliphatic heterocycles. The van der Waals surface area contributed by atoms with E-state index in [1.54, 1.807) is 0 Å². The zero-order valence-corrected chi connectivity index (χ0v) is 9.17. The molecule has 2 aromatic rings. The number of fused-ring (bicyclic) bond motifs is 1. The van der Waals surface area contributed by atoms with E-state index in [0.29, 0.717) is 5.89 Å². The number of hydrogen-bond acceptors (Lipinski definition) is 3. The van der Waals surface area contributed by atoms with Crippen LogP contribution in [0, 0.1) is 11.6 Å². The fourth-order valence-electron chi connectivity index (χ4n) is 2.21. The summed E-state index contributed by atoms with van der Waals surface area (Å²) in [6, 6.07) is 2.01. The highest BCUT2D eigenvalue weighted by atomic mass is 19.1. The van der Waals surface area contributed by atoms with Crippen molar-refractivity contribution >= 4 is 11.1 Å². The lowest BCUT2D eigenvalue weighted by molar-refractivity contribution is 0.384. The van der Waals surface area contributed by atoms with Crippen LogP contribution in [-0.4, -0.2) is 18.1 Å². The molecule has 1 atom stereocenters. The molecule has 2 heterocycles. The van der Waals surface area contributed by atoms with Gasteiger partial charge in [-0.1, -0.05) is 0 Å². The topological polar surface area (TPSA) is 38.1 Å². The number of rotatable bonds is 1. The normalized spacial score (nSPS) is 20.9. The minimum atomic E-state index is -0.692. The van der Waals surface area contributed by atoms with E-state index in [-0.39, 0.29) is 17.0 Å². The quantitative estimate of drug-likeness (QED) is 0.829. The highest BCUT2D eigenvalue weighted by molar-refractivity contribution is 5.73. The number of halogens is 2. The molecule has 0 saturated carbocycles. The molecule has 1 aromatic carbocycles. The maximum Gasteiger partial charge on any atom is 0.200 e. The third kappa shape index (κ3) is 1.91. The third-order valence-electron chi connectivity index (χ3n) is 3.07. The van der Waals surface area contributed by atoms with Crippen LogP contribution >= 0.6 is 0 Å². The molecule has 1 fully saturated rings. The molecular formula is C12H12F2N2O. The Labute approximate surface area is 96.8 Å². The van der Waals surface area contributed by atoms with E-state index in [9.17, 15) is 8.78 Å². The van der Waals surface area contributed by atoms with Gasteiger partial charge in [0.15, 0.2) is 17.3 Å². The van der Waals surface area contributed by atoms with Crippen molar-refractivity contribution in [3.8, 4) is 0 Å². The molecule has 1 aliphatic rings. The Bertz CT molecular complexity index is 547. The van der Waals surface area contributed by atoms with Gasteiger partial charge in [0.2, 0.25) is 0 Å². The Morgan fingerprint density at radius 2 is 2.24 bits per heavy atom. The van der Waals surface area contributed by atoms with Gasteiger partial charge >= 0.3 is 0 Å². The monoisotopic (exact) mass is 238 g/mol. The lowest BCUT2D eigenvalue weighted by Crippen LogP contribution is -2.28. The second-order valence-electron chi connectivity index (χ2n) is 4.33. The number of aromatic nitrogens is 1. The number of nitrogens with one attached hydrogen (secondary N) is 1. The fourth-order valence-corrected chi connectivity index (χ4v) is 2.21. The molecule has 1 aromatic heterocycles. The Morgan fingerprint density at radius 3 is 3.00 bits per heavy atom. The molecule has 3 nitrogen and oxygen atoms in total. The summed E-state index contributed by atoms with van der Waals surface area (Å²) >= 11 is 0. The molecule has 90 valence electrons. The smallest absolute Gasteiger partial charge is 0.200 e. The molecule has 0 spiro atoms. The second kappa shape index (κ2) is 4.07. The molecule has 0 amide bonds. The van der Waals surface area contributed by atoms with E-state index in [1.807, 2.05) is 0 Å². The van der Waals surface area contributed by atoms with Crippen molar-refractivity contribution in [2.24, 2.45) is 0 Å². The van der Waals surface area contributed by atoms with Gasteiger partial charge in [-0.25, -0.2) is 13.8 Å². The lowest BCUT2D eigenvalue weighted by Gasteiger charge is -2.19. The molecule has 5 heteroatoms. The second-order valence-corrected chi connectivity index (χ2v) is 4.33. The number of benzene rings is 1. The maximum absolute atomic E-state index is 13.4. The van der Waals surface area contributed by atoms with E-state index in [0.717, 1.165) is 32.0 Å². The van der Waals surface area contributed by atoms with E-state index in [2.05, 4.69) is 10.3 Å². The molecule has 1 N–H and O–H groups in total. The van der Waals surface area contributed by atoms with Crippen molar-refractivity contribution in [1.82, 2.24) is 10.3 Å². The van der Waals surface area contributed by atoms with Crippen molar-refractivity contribution in [3.05, 3.63) is 29.7 Å². The van der Waals surface area contributed by atoms with Crippen LogP contribution in [-0.2, 0) is 0 Å². The first-order valence-electron chi connectivity index (χ1n) is 5.70. The summed E-state index contributed by atoms with van der Waals surface area (Å²) in [5, 5.41) is 3.24. The van der Waals surface area contributed by atoms with Crippen LogP contribution in [0.3, 0.4) is 0 Å². The minimum Gasteiger partial charge on any atom is -0.437 e. The summed E-state index contributed by atoms with van der Waals surface area (Å²) < 4.78 is 31.9. The number of piperidine rings is 1. The van der Waals surface area contributed by atoms with E-state index in [1.165, 1.54) is 6.07 Å². The first kappa shape index (κ1) is 10.7. The first-order chi connectivity index (χ1) is 8.24. The highest BCUT2D eigenvalue weighted by Gasteiger charge is 2.22. The zero-order chi connectivity index (χ0) is 11.8. The molecule has 1 saturated heterocycles. The van der Waals surface area contributed by atoms with Gasteiger partial charge in [0.25, 0.3) is 0 Å². The van der Waals surface area contributed by atoms with E-state index < -0.39 is 11.6 Å². The summed E-state index contributed by atoms with van der Waals surface area (Å²) in [7, 11) is 0. The molecule has 0 bridgehead atoms. The van der Waals surface area contributed by atoms with Gasteiger partial charge in [0.05, 0.1) is 0 Å².